The number of carbonyl (C=O) groups excluding carboxylic acids is 1. The molecule has 0 radical (unpaired) electrons. The van der Waals surface area contributed by atoms with E-state index in [2.05, 4.69) is 17.0 Å². The summed E-state index contributed by atoms with van der Waals surface area (Å²) in [6.07, 6.45) is 6.68. The van der Waals surface area contributed by atoms with Gasteiger partial charge >= 0.3 is 0 Å². The second-order valence-electron chi connectivity index (χ2n) is 6.35. The Morgan fingerprint density at radius 1 is 1.24 bits per heavy atom. The van der Waals surface area contributed by atoms with E-state index < -0.39 is 0 Å². The number of likely N-dealkylation sites (tertiary alicyclic amines) is 1. The normalized spacial score (nSPS) is 27.0. The summed E-state index contributed by atoms with van der Waals surface area (Å²) in [6.45, 7) is 2.05. The first-order chi connectivity index (χ1) is 10.3. The lowest BCUT2D eigenvalue weighted by Gasteiger charge is -2.38. The average molecular weight is 287 g/mol. The predicted molar refractivity (Wildman–Crippen MR) is 83.4 cm³/mol. The van der Waals surface area contributed by atoms with Crippen LogP contribution in [-0.4, -0.2) is 30.4 Å². The number of carbonyl (C=O) groups is 1. The topological polar surface area (TPSA) is 29.5 Å². The second kappa shape index (κ2) is 6.61. The van der Waals surface area contributed by atoms with Gasteiger partial charge in [0.15, 0.2) is 0 Å². The number of hydrogen-bond acceptors (Lipinski definition) is 3. The van der Waals surface area contributed by atoms with Gasteiger partial charge in [-0.3, -0.25) is 9.69 Å². The monoisotopic (exact) mass is 287 g/mol. The van der Waals surface area contributed by atoms with Gasteiger partial charge in [0, 0.05) is 24.9 Å². The molecule has 0 amide bonds. The molecule has 2 unspecified atom stereocenters. The molecule has 1 saturated carbocycles. The van der Waals surface area contributed by atoms with Crippen molar-refractivity contribution in [1.82, 2.24) is 4.90 Å². The quantitative estimate of drug-likeness (QED) is 0.850. The first-order valence-corrected chi connectivity index (χ1v) is 8.17. The predicted octanol–water partition coefficient (Wildman–Crippen LogP) is 3.42. The molecule has 3 nitrogen and oxygen atoms in total. The minimum absolute atomic E-state index is 0.288. The van der Waals surface area contributed by atoms with Crippen LogP contribution in [0.3, 0.4) is 0 Å². The van der Waals surface area contributed by atoms with Gasteiger partial charge in [-0.2, -0.15) is 0 Å². The van der Waals surface area contributed by atoms with Gasteiger partial charge in [-0.25, -0.2) is 0 Å². The van der Waals surface area contributed by atoms with Crippen LogP contribution < -0.4 is 4.74 Å². The Balaban J connectivity index is 1.73. The molecule has 3 heteroatoms. The molecule has 0 aromatic heterocycles. The molecule has 2 aliphatic rings. The van der Waals surface area contributed by atoms with Crippen molar-refractivity contribution in [2.75, 3.05) is 13.7 Å². The van der Waals surface area contributed by atoms with Gasteiger partial charge in [-0.1, -0.05) is 18.6 Å². The summed E-state index contributed by atoms with van der Waals surface area (Å²) in [5.41, 5.74) is 1.28. The van der Waals surface area contributed by atoms with E-state index in [-0.39, 0.29) is 5.92 Å². The Labute approximate surface area is 127 Å². The fourth-order valence-electron chi connectivity index (χ4n) is 3.92. The van der Waals surface area contributed by atoms with E-state index in [1.54, 1.807) is 7.11 Å². The van der Waals surface area contributed by atoms with Crippen molar-refractivity contribution in [2.45, 2.75) is 51.1 Å². The lowest BCUT2D eigenvalue weighted by molar-refractivity contribution is -0.123. The van der Waals surface area contributed by atoms with Gasteiger partial charge in [-0.15, -0.1) is 0 Å². The lowest BCUT2D eigenvalue weighted by Crippen LogP contribution is -2.44. The number of Topliss-reactive ketones (excluding diaryl/α,β-unsaturated/α-hetero) is 1. The molecule has 21 heavy (non-hydrogen) atoms. The van der Waals surface area contributed by atoms with Crippen LogP contribution in [0.4, 0.5) is 0 Å². The minimum Gasteiger partial charge on any atom is -0.497 e. The smallest absolute Gasteiger partial charge is 0.137 e. The summed E-state index contributed by atoms with van der Waals surface area (Å²) < 4.78 is 5.32. The van der Waals surface area contributed by atoms with Crippen molar-refractivity contribution < 1.29 is 9.53 Å². The van der Waals surface area contributed by atoms with Crippen molar-refractivity contribution in [3.8, 4) is 5.75 Å². The highest BCUT2D eigenvalue weighted by Gasteiger charge is 2.36. The third-order valence-corrected chi connectivity index (χ3v) is 5.00. The molecule has 0 bridgehead atoms. The number of hydrogen-bond donors (Lipinski definition) is 0. The molecule has 1 saturated heterocycles. The lowest BCUT2D eigenvalue weighted by atomic mass is 9.88. The Kier molecular flexibility index (Phi) is 4.59. The summed E-state index contributed by atoms with van der Waals surface area (Å²) in [5.74, 6) is 1.70. The van der Waals surface area contributed by atoms with Gasteiger partial charge < -0.3 is 4.74 Å². The fraction of sp³-hybridized carbons (Fsp3) is 0.611. The number of nitrogens with zero attached hydrogens (tertiary/aromatic N) is 1. The van der Waals surface area contributed by atoms with Crippen molar-refractivity contribution in [2.24, 2.45) is 5.92 Å². The first kappa shape index (κ1) is 14.6. The molecule has 1 aliphatic heterocycles. The molecule has 0 N–H and O–H groups in total. The van der Waals surface area contributed by atoms with E-state index in [9.17, 15) is 4.79 Å². The zero-order chi connectivity index (χ0) is 14.7. The van der Waals surface area contributed by atoms with Crippen LogP contribution in [0.25, 0.3) is 0 Å². The molecule has 1 aromatic carbocycles. The van der Waals surface area contributed by atoms with Crippen LogP contribution >= 0.6 is 0 Å². The van der Waals surface area contributed by atoms with Crippen molar-refractivity contribution in [1.29, 1.82) is 0 Å². The zero-order valence-corrected chi connectivity index (χ0v) is 12.9. The van der Waals surface area contributed by atoms with Crippen LogP contribution in [0.5, 0.6) is 5.75 Å². The van der Waals surface area contributed by atoms with Crippen molar-refractivity contribution in [3.05, 3.63) is 29.8 Å². The summed E-state index contributed by atoms with van der Waals surface area (Å²) in [4.78, 5) is 14.7. The van der Waals surface area contributed by atoms with Crippen molar-refractivity contribution >= 4 is 5.78 Å². The van der Waals surface area contributed by atoms with Crippen LogP contribution in [-0.2, 0) is 11.3 Å². The molecule has 114 valence electrons. The van der Waals surface area contributed by atoms with Crippen LogP contribution in [0.1, 0.15) is 44.1 Å². The Hall–Kier alpha value is -1.35. The molecular weight excluding hydrogens is 262 g/mol. The molecular formula is C18H25NO2. The number of benzene rings is 1. The highest BCUT2D eigenvalue weighted by atomic mass is 16.5. The third kappa shape index (κ3) is 3.29. The average Bonchev–Trinajstić information content (AvgIpc) is 2.94. The molecule has 0 spiro atoms. The van der Waals surface area contributed by atoms with E-state index >= 15 is 0 Å². The summed E-state index contributed by atoms with van der Waals surface area (Å²) in [6, 6.07) is 8.76. The zero-order valence-electron chi connectivity index (χ0n) is 12.9. The van der Waals surface area contributed by atoms with Gasteiger partial charge in [0.05, 0.1) is 7.11 Å². The standard InChI is InChI=1S/C18H25NO2/c1-21-15-7-4-6-14(12-15)13-19-11-3-2-9-17(19)16-8-5-10-18(16)20/h4,6-7,12,16-17H,2-3,5,8-11,13H2,1H3. The van der Waals surface area contributed by atoms with Gasteiger partial charge in [0.1, 0.15) is 11.5 Å². The SMILES string of the molecule is COc1cccc(CN2CCCCC2C2CCCC2=O)c1. The Morgan fingerprint density at radius 2 is 2.14 bits per heavy atom. The Bertz CT molecular complexity index is 500. The van der Waals surface area contributed by atoms with Crippen LogP contribution in [0, 0.1) is 5.92 Å². The van der Waals surface area contributed by atoms with Gasteiger partial charge in [0.25, 0.3) is 0 Å². The number of ketones is 1. The third-order valence-electron chi connectivity index (χ3n) is 5.00. The van der Waals surface area contributed by atoms with Crippen molar-refractivity contribution in [3.63, 3.8) is 0 Å². The number of piperidine rings is 1. The van der Waals surface area contributed by atoms with E-state index in [1.165, 1.54) is 24.8 Å². The highest BCUT2D eigenvalue weighted by Crippen LogP contribution is 2.33. The maximum absolute atomic E-state index is 12.1. The van der Waals surface area contributed by atoms with Crippen LogP contribution in [0.15, 0.2) is 24.3 Å². The Morgan fingerprint density at radius 3 is 2.90 bits per heavy atom. The number of rotatable bonds is 4. The minimum atomic E-state index is 0.288. The van der Waals surface area contributed by atoms with Crippen LogP contribution in [0.2, 0.25) is 0 Å². The van der Waals surface area contributed by atoms with E-state index in [1.807, 2.05) is 12.1 Å². The maximum atomic E-state index is 12.1. The van der Waals surface area contributed by atoms with Gasteiger partial charge in [0.2, 0.25) is 0 Å². The van der Waals surface area contributed by atoms with E-state index in [4.69, 9.17) is 4.74 Å². The number of methoxy groups -OCH3 is 1. The van der Waals surface area contributed by atoms with E-state index in [0.29, 0.717) is 11.8 Å². The molecule has 2 atom stereocenters. The molecule has 1 aromatic rings. The number of ether oxygens (including phenoxy) is 1. The molecule has 1 heterocycles. The molecule has 3 rings (SSSR count). The largest absolute Gasteiger partial charge is 0.497 e. The molecule has 1 aliphatic carbocycles. The highest BCUT2D eigenvalue weighted by molar-refractivity contribution is 5.83. The van der Waals surface area contributed by atoms with Gasteiger partial charge in [-0.05, 0) is 49.9 Å². The fourth-order valence-corrected chi connectivity index (χ4v) is 3.92. The maximum Gasteiger partial charge on any atom is 0.137 e. The molecule has 2 fully saturated rings. The summed E-state index contributed by atoms with van der Waals surface area (Å²) in [7, 11) is 1.71. The summed E-state index contributed by atoms with van der Waals surface area (Å²) >= 11 is 0. The second-order valence-corrected chi connectivity index (χ2v) is 6.35. The summed E-state index contributed by atoms with van der Waals surface area (Å²) in [5, 5.41) is 0. The van der Waals surface area contributed by atoms with E-state index in [0.717, 1.165) is 38.1 Å². The first-order valence-electron chi connectivity index (χ1n) is 8.17.